The molecular weight excluding hydrogens is 368 g/mol. The van der Waals surface area contributed by atoms with Gasteiger partial charge in [-0.05, 0) is 31.0 Å². The molecule has 0 unspecified atom stereocenters. The van der Waals surface area contributed by atoms with Gasteiger partial charge in [0.05, 0.1) is 10.5 Å². The molecule has 25 heavy (non-hydrogen) atoms. The van der Waals surface area contributed by atoms with Gasteiger partial charge in [-0.2, -0.15) is 4.31 Å². The van der Waals surface area contributed by atoms with Gasteiger partial charge in [0, 0.05) is 31.1 Å². The third-order valence-corrected chi connectivity index (χ3v) is 6.42. The first-order valence-electron chi connectivity index (χ1n) is 7.67. The van der Waals surface area contributed by atoms with Crippen LogP contribution in [-0.4, -0.2) is 51.7 Å². The summed E-state index contributed by atoms with van der Waals surface area (Å²) in [5, 5.41) is 17.1. The van der Waals surface area contributed by atoms with Crippen LogP contribution in [0.5, 0.6) is 0 Å². The van der Waals surface area contributed by atoms with E-state index in [4.69, 9.17) is 16.7 Å². The number of carboxylic acid groups (broad SMARTS) is 1. The molecule has 10 heteroatoms. The molecule has 2 aromatic rings. The first-order chi connectivity index (χ1) is 11.8. The Morgan fingerprint density at radius 2 is 1.96 bits per heavy atom. The number of aryl methyl sites for hydroxylation is 1. The number of carbonyl (C=O) groups is 1. The summed E-state index contributed by atoms with van der Waals surface area (Å²) in [7, 11) is -1.94. The maximum absolute atomic E-state index is 12.8. The molecule has 0 atom stereocenters. The maximum atomic E-state index is 12.8. The number of benzene rings is 1. The fraction of sp³-hybridized carbons (Fsp3) is 0.400. The summed E-state index contributed by atoms with van der Waals surface area (Å²) in [6, 6.07) is 3.64. The molecule has 0 spiro atoms. The first kappa shape index (κ1) is 17.8. The van der Waals surface area contributed by atoms with Crippen molar-refractivity contribution in [2.75, 3.05) is 13.1 Å². The summed E-state index contributed by atoms with van der Waals surface area (Å²) in [6.45, 7) is 0.656. The van der Waals surface area contributed by atoms with Crippen LogP contribution in [0.3, 0.4) is 0 Å². The number of carboxylic acids is 1. The molecule has 0 aliphatic carbocycles. The Balaban J connectivity index is 1.81. The predicted molar refractivity (Wildman–Crippen MR) is 90.1 cm³/mol. The van der Waals surface area contributed by atoms with Gasteiger partial charge in [-0.1, -0.05) is 11.6 Å². The molecule has 1 fully saturated rings. The van der Waals surface area contributed by atoms with Crippen LogP contribution in [0.25, 0.3) is 0 Å². The number of piperidine rings is 1. The van der Waals surface area contributed by atoms with Crippen LogP contribution in [0.15, 0.2) is 29.4 Å². The van der Waals surface area contributed by atoms with Crippen molar-refractivity contribution in [3.8, 4) is 0 Å². The lowest BCUT2D eigenvalue weighted by Gasteiger charge is -2.30. The van der Waals surface area contributed by atoms with Gasteiger partial charge in [0.15, 0.2) is 0 Å². The zero-order chi connectivity index (χ0) is 18.2. The number of halogens is 1. The zero-order valence-electron chi connectivity index (χ0n) is 13.5. The average molecular weight is 385 g/mol. The molecule has 0 amide bonds. The Hall–Kier alpha value is -1.97. The van der Waals surface area contributed by atoms with E-state index in [1.165, 1.54) is 16.4 Å². The summed E-state index contributed by atoms with van der Waals surface area (Å²) in [5.41, 5.74) is -0.153. The second-order valence-electron chi connectivity index (χ2n) is 5.96. The number of aromatic carboxylic acids is 1. The van der Waals surface area contributed by atoms with Gasteiger partial charge in [0.25, 0.3) is 0 Å². The van der Waals surface area contributed by atoms with Crippen molar-refractivity contribution in [3.05, 3.63) is 40.9 Å². The largest absolute Gasteiger partial charge is 0.478 e. The SMILES string of the molecule is Cn1cnnc1C1CCN(S(=O)(=O)c2cc(Cl)cc(C(=O)O)c2)CC1. The average Bonchev–Trinajstić information content (AvgIpc) is 3.00. The van der Waals surface area contributed by atoms with Crippen molar-refractivity contribution in [2.24, 2.45) is 7.05 Å². The standard InChI is InChI=1S/C15H17ClN4O4S/c1-19-9-17-18-14(19)10-2-4-20(5-3-10)25(23,24)13-7-11(15(21)22)6-12(16)8-13/h6-10H,2-5H2,1H3,(H,21,22). The van der Waals surface area contributed by atoms with Gasteiger partial charge in [-0.15, -0.1) is 10.2 Å². The normalized spacial score (nSPS) is 16.9. The molecule has 1 saturated heterocycles. The molecule has 8 nitrogen and oxygen atoms in total. The maximum Gasteiger partial charge on any atom is 0.335 e. The predicted octanol–water partition coefficient (Wildman–Crippen LogP) is 1.74. The summed E-state index contributed by atoms with van der Waals surface area (Å²) in [5.74, 6) is -0.235. The quantitative estimate of drug-likeness (QED) is 0.860. The monoisotopic (exact) mass is 384 g/mol. The third-order valence-electron chi connectivity index (χ3n) is 4.32. The summed E-state index contributed by atoms with van der Waals surface area (Å²) in [4.78, 5) is 11.0. The number of nitrogens with zero attached hydrogens (tertiary/aromatic N) is 4. The Kier molecular flexibility index (Phi) is 4.81. The Morgan fingerprint density at radius 1 is 1.28 bits per heavy atom. The highest BCUT2D eigenvalue weighted by Gasteiger charge is 2.32. The summed E-state index contributed by atoms with van der Waals surface area (Å²) >= 11 is 5.88. The van der Waals surface area contributed by atoms with Gasteiger partial charge in [-0.25, -0.2) is 13.2 Å². The molecule has 1 N–H and O–H groups in total. The molecule has 0 saturated carbocycles. The van der Waals surface area contributed by atoms with Crippen molar-refractivity contribution >= 4 is 27.6 Å². The molecular formula is C15H17ClN4O4S. The second kappa shape index (κ2) is 6.74. The van der Waals surface area contributed by atoms with E-state index in [1.54, 1.807) is 6.33 Å². The molecule has 1 aliphatic heterocycles. The van der Waals surface area contributed by atoms with E-state index in [0.717, 1.165) is 11.9 Å². The second-order valence-corrected chi connectivity index (χ2v) is 8.33. The van der Waals surface area contributed by atoms with E-state index >= 15 is 0 Å². The number of hydrogen-bond acceptors (Lipinski definition) is 5. The highest BCUT2D eigenvalue weighted by molar-refractivity contribution is 7.89. The smallest absolute Gasteiger partial charge is 0.335 e. The van der Waals surface area contributed by atoms with Crippen LogP contribution in [0.4, 0.5) is 0 Å². The van der Waals surface area contributed by atoms with E-state index in [9.17, 15) is 13.2 Å². The van der Waals surface area contributed by atoms with Crippen LogP contribution in [0.1, 0.15) is 34.9 Å². The van der Waals surface area contributed by atoms with Gasteiger partial charge < -0.3 is 9.67 Å². The molecule has 1 aliphatic rings. The van der Waals surface area contributed by atoms with Crippen LogP contribution >= 0.6 is 11.6 Å². The molecule has 0 bridgehead atoms. The molecule has 2 heterocycles. The minimum absolute atomic E-state index is 0.0763. The number of sulfonamides is 1. The molecule has 134 valence electrons. The zero-order valence-corrected chi connectivity index (χ0v) is 15.0. The number of aromatic nitrogens is 3. The van der Waals surface area contributed by atoms with E-state index in [0.29, 0.717) is 25.9 Å². The fourth-order valence-electron chi connectivity index (χ4n) is 3.00. The topological polar surface area (TPSA) is 105 Å². The lowest BCUT2D eigenvalue weighted by molar-refractivity contribution is 0.0696. The Morgan fingerprint density at radius 3 is 2.52 bits per heavy atom. The molecule has 3 rings (SSSR count). The van der Waals surface area contributed by atoms with Crippen molar-refractivity contribution in [2.45, 2.75) is 23.7 Å². The van der Waals surface area contributed by atoms with Gasteiger partial charge in [0.1, 0.15) is 12.2 Å². The summed E-state index contributed by atoms with van der Waals surface area (Å²) < 4.78 is 28.8. The van der Waals surface area contributed by atoms with Crippen LogP contribution < -0.4 is 0 Å². The third kappa shape index (κ3) is 3.53. The van der Waals surface area contributed by atoms with Crippen LogP contribution in [0.2, 0.25) is 5.02 Å². The highest BCUT2D eigenvalue weighted by Crippen LogP contribution is 2.30. The minimum Gasteiger partial charge on any atom is -0.478 e. The Labute approximate surface area is 150 Å². The lowest BCUT2D eigenvalue weighted by Crippen LogP contribution is -2.38. The molecule has 1 aromatic heterocycles. The first-order valence-corrected chi connectivity index (χ1v) is 9.49. The minimum atomic E-state index is -3.80. The fourth-order valence-corrected chi connectivity index (χ4v) is 4.84. The Bertz CT molecular complexity index is 904. The van der Waals surface area contributed by atoms with Gasteiger partial charge in [-0.3, -0.25) is 0 Å². The van der Waals surface area contributed by atoms with E-state index in [2.05, 4.69) is 10.2 Å². The van der Waals surface area contributed by atoms with Crippen LogP contribution in [0, 0.1) is 0 Å². The lowest BCUT2D eigenvalue weighted by atomic mass is 9.97. The summed E-state index contributed by atoms with van der Waals surface area (Å²) in [6.07, 6.45) is 2.87. The van der Waals surface area contributed by atoms with Crippen molar-refractivity contribution in [3.63, 3.8) is 0 Å². The van der Waals surface area contributed by atoms with E-state index in [1.807, 2.05) is 11.6 Å². The number of hydrogen-bond donors (Lipinski definition) is 1. The molecule has 1 aromatic carbocycles. The van der Waals surface area contributed by atoms with Crippen LogP contribution in [-0.2, 0) is 17.1 Å². The van der Waals surface area contributed by atoms with Gasteiger partial charge in [0.2, 0.25) is 10.0 Å². The van der Waals surface area contributed by atoms with Crippen molar-refractivity contribution in [1.82, 2.24) is 19.1 Å². The number of rotatable bonds is 4. The molecule has 0 radical (unpaired) electrons. The van der Waals surface area contributed by atoms with Gasteiger partial charge >= 0.3 is 5.97 Å². The van der Waals surface area contributed by atoms with E-state index < -0.39 is 16.0 Å². The van der Waals surface area contributed by atoms with Crippen molar-refractivity contribution in [1.29, 1.82) is 0 Å². The highest BCUT2D eigenvalue weighted by atomic mass is 35.5. The van der Waals surface area contributed by atoms with E-state index in [-0.39, 0.29) is 21.4 Å². The van der Waals surface area contributed by atoms with Crippen molar-refractivity contribution < 1.29 is 18.3 Å².